The number of nitrogens with one attached hydrogen (secondary N) is 1. The molecule has 1 saturated heterocycles. The van der Waals surface area contributed by atoms with Gasteiger partial charge in [0.05, 0.1) is 6.04 Å². The van der Waals surface area contributed by atoms with Crippen LogP contribution in [0.15, 0.2) is 24.3 Å². The summed E-state index contributed by atoms with van der Waals surface area (Å²) in [5, 5.41) is 3.22. The lowest BCUT2D eigenvalue weighted by molar-refractivity contribution is -0.118. The average molecular weight is 330 g/mol. The fourth-order valence-electron chi connectivity index (χ4n) is 2.02. The van der Waals surface area contributed by atoms with Crippen LogP contribution in [0.3, 0.4) is 0 Å². The molecular formula is C12H15IN2O. The molecule has 1 unspecified atom stereocenters. The van der Waals surface area contributed by atoms with Crippen LogP contribution in [0.2, 0.25) is 0 Å². The molecule has 4 heteroatoms. The topological polar surface area (TPSA) is 32.3 Å². The number of halogens is 1. The number of benzene rings is 1. The Bertz CT molecular complexity index is 394. The van der Waals surface area contributed by atoms with E-state index >= 15 is 0 Å². The molecule has 1 fully saturated rings. The molecule has 3 nitrogen and oxygen atoms in total. The number of carbonyl (C=O) groups is 1. The molecule has 0 spiro atoms. The zero-order valence-electron chi connectivity index (χ0n) is 9.24. The van der Waals surface area contributed by atoms with Crippen LogP contribution in [0.5, 0.6) is 0 Å². The van der Waals surface area contributed by atoms with Crippen LogP contribution in [0.25, 0.3) is 0 Å². The molecule has 1 atom stereocenters. The molecule has 0 aromatic heterocycles. The van der Waals surface area contributed by atoms with Gasteiger partial charge >= 0.3 is 0 Å². The van der Waals surface area contributed by atoms with Gasteiger partial charge < -0.3 is 10.2 Å². The molecule has 1 aliphatic heterocycles. The second-order valence-electron chi connectivity index (χ2n) is 3.87. The molecule has 0 saturated carbocycles. The van der Waals surface area contributed by atoms with Crippen LogP contribution in [0, 0.1) is 3.57 Å². The Morgan fingerprint density at radius 3 is 3.06 bits per heavy atom. The summed E-state index contributed by atoms with van der Waals surface area (Å²) in [5.74, 6) is 0.198. The molecule has 1 aromatic rings. The van der Waals surface area contributed by atoms with Gasteiger partial charge in [-0.15, -0.1) is 0 Å². The standard InChI is InChI=1S/C12H15IN2O/c1-2-14-11-6-7-15(12(11)16)10-5-3-4-9(13)8-10/h3-5,8,11,14H,2,6-7H2,1H3. The highest BCUT2D eigenvalue weighted by atomic mass is 127. The van der Waals surface area contributed by atoms with Crippen molar-refractivity contribution in [2.24, 2.45) is 0 Å². The molecule has 86 valence electrons. The smallest absolute Gasteiger partial charge is 0.244 e. The first kappa shape index (κ1) is 11.9. The summed E-state index contributed by atoms with van der Waals surface area (Å²) in [4.78, 5) is 13.9. The molecular weight excluding hydrogens is 315 g/mol. The summed E-state index contributed by atoms with van der Waals surface area (Å²) in [7, 11) is 0. The summed E-state index contributed by atoms with van der Waals surface area (Å²) in [5.41, 5.74) is 1.01. The number of rotatable bonds is 3. The summed E-state index contributed by atoms with van der Waals surface area (Å²) in [6.45, 7) is 3.69. The van der Waals surface area contributed by atoms with Gasteiger partial charge in [0.25, 0.3) is 0 Å². The molecule has 1 amide bonds. The van der Waals surface area contributed by atoms with E-state index in [2.05, 4.69) is 27.9 Å². The largest absolute Gasteiger partial charge is 0.311 e. The number of likely N-dealkylation sites (N-methyl/N-ethyl adjacent to an activating group) is 1. The summed E-state index contributed by atoms with van der Waals surface area (Å²) in [6.07, 6.45) is 0.901. The molecule has 0 bridgehead atoms. The van der Waals surface area contributed by atoms with E-state index in [0.29, 0.717) is 0 Å². The zero-order valence-corrected chi connectivity index (χ0v) is 11.4. The molecule has 1 aromatic carbocycles. The van der Waals surface area contributed by atoms with Crippen LogP contribution in [0.1, 0.15) is 13.3 Å². The van der Waals surface area contributed by atoms with Crippen LogP contribution in [-0.2, 0) is 4.79 Å². The van der Waals surface area contributed by atoms with Crippen molar-refractivity contribution in [1.29, 1.82) is 0 Å². The fourth-order valence-corrected chi connectivity index (χ4v) is 2.54. The highest BCUT2D eigenvalue weighted by molar-refractivity contribution is 14.1. The van der Waals surface area contributed by atoms with Gasteiger partial charge in [-0.3, -0.25) is 4.79 Å². The molecule has 0 radical (unpaired) electrons. The fraction of sp³-hybridized carbons (Fsp3) is 0.417. The van der Waals surface area contributed by atoms with Crippen molar-refractivity contribution in [3.05, 3.63) is 27.8 Å². The van der Waals surface area contributed by atoms with Crippen molar-refractivity contribution in [2.45, 2.75) is 19.4 Å². The number of nitrogens with zero attached hydrogens (tertiary/aromatic N) is 1. The monoisotopic (exact) mass is 330 g/mol. The number of amides is 1. The maximum atomic E-state index is 12.1. The summed E-state index contributed by atoms with van der Waals surface area (Å²) >= 11 is 2.27. The quantitative estimate of drug-likeness (QED) is 0.860. The van der Waals surface area contributed by atoms with Gasteiger partial charge in [-0.05, 0) is 53.8 Å². The Morgan fingerprint density at radius 2 is 2.38 bits per heavy atom. The van der Waals surface area contributed by atoms with Crippen LogP contribution >= 0.6 is 22.6 Å². The molecule has 1 heterocycles. The Labute approximate surface area is 109 Å². The maximum absolute atomic E-state index is 12.1. The van der Waals surface area contributed by atoms with Gasteiger partial charge in [0, 0.05) is 15.8 Å². The van der Waals surface area contributed by atoms with Crippen molar-refractivity contribution in [3.8, 4) is 0 Å². The van der Waals surface area contributed by atoms with Crippen LogP contribution in [0.4, 0.5) is 5.69 Å². The molecule has 0 aliphatic carbocycles. The third-order valence-electron chi connectivity index (χ3n) is 2.78. The SMILES string of the molecule is CCNC1CCN(c2cccc(I)c2)C1=O. The van der Waals surface area contributed by atoms with E-state index in [9.17, 15) is 4.79 Å². The first-order chi connectivity index (χ1) is 7.72. The van der Waals surface area contributed by atoms with E-state index in [-0.39, 0.29) is 11.9 Å². The highest BCUT2D eigenvalue weighted by Crippen LogP contribution is 2.23. The van der Waals surface area contributed by atoms with E-state index in [1.54, 1.807) is 0 Å². The Morgan fingerprint density at radius 1 is 1.56 bits per heavy atom. The van der Waals surface area contributed by atoms with E-state index < -0.39 is 0 Å². The number of hydrogen-bond donors (Lipinski definition) is 1. The number of hydrogen-bond acceptors (Lipinski definition) is 2. The van der Waals surface area contributed by atoms with Crippen LogP contribution < -0.4 is 10.2 Å². The molecule has 1 aliphatic rings. The van der Waals surface area contributed by atoms with Gasteiger partial charge in [-0.2, -0.15) is 0 Å². The van der Waals surface area contributed by atoms with Crippen LogP contribution in [-0.4, -0.2) is 25.0 Å². The van der Waals surface area contributed by atoms with Crippen molar-refractivity contribution in [2.75, 3.05) is 18.0 Å². The van der Waals surface area contributed by atoms with Gasteiger partial charge in [0.1, 0.15) is 0 Å². The lowest BCUT2D eigenvalue weighted by Crippen LogP contribution is -2.38. The Kier molecular flexibility index (Phi) is 3.81. The van der Waals surface area contributed by atoms with Crippen molar-refractivity contribution < 1.29 is 4.79 Å². The summed E-state index contributed by atoms with van der Waals surface area (Å²) in [6, 6.07) is 8.07. The first-order valence-corrected chi connectivity index (χ1v) is 6.60. The number of anilines is 1. The first-order valence-electron chi connectivity index (χ1n) is 5.52. The third kappa shape index (κ3) is 2.38. The second kappa shape index (κ2) is 5.14. The van der Waals surface area contributed by atoms with Gasteiger partial charge in [0.15, 0.2) is 0 Å². The summed E-state index contributed by atoms with van der Waals surface area (Å²) < 4.78 is 1.16. The maximum Gasteiger partial charge on any atom is 0.244 e. The Balaban J connectivity index is 2.15. The van der Waals surface area contributed by atoms with E-state index in [1.807, 2.05) is 36.1 Å². The molecule has 2 rings (SSSR count). The predicted octanol–water partition coefficient (Wildman–Crippen LogP) is 2.01. The highest BCUT2D eigenvalue weighted by Gasteiger charge is 2.31. The van der Waals surface area contributed by atoms with Gasteiger partial charge in [0.2, 0.25) is 5.91 Å². The molecule has 16 heavy (non-hydrogen) atoms. The van der Waals surface area contributed by atoms with E-state index in [1.165, 1.54) is 0 Å². The van der Waals surface area contributed by atoms with Gasteiger partial charge in [-0.1, -0.05) is 13.0 Å². The minimum Gasteiger partial charge on any atom is -0.311 e. The van der Waals surface area contributed by atoms with Crippen molar-refractivity contribution in [1.82, 2.24) is 5.32 Å². The van der Waals surface area contributed by atoms with Crippen molar-refractivity contribution in [3.63, 3.8) is 0 Å². The van der Waals surface area contributed by atoms with Crippen molar-refractivity contribution >= 4 is 34.2 Å². The van der Waals surface area contributed by atoms with E-state index in [4.69, 9.17) is 0 Å². The average Bonchev–Trinajstić information content (AvgIpc) is 2.61. The van der Waals surface area contributed by atoms with Gasteiger partial charge in [-0.25, -0.2) is 0 Å². The minimum atomic E-state index is 0.00265. The minimum absolute atomic E-state index is 0.00265. The predicted molar refractivity (Wildman–Crippen MR) is 73.6 cm³/mol. The lowest BCUT2D eigenvalue weighted by atomic mass is 10.2. The van der Waals surface area contributed by atoms with E-state index in [0.717, 1.165) is 28.8 Å². The zero-order chi connectivity index (χ0) is 11.5. The Hall–Kier alpha value is -0.620. The lowest BCUT2D eigenvalue weighted by Gasteiger charge is -2.17. The third-order valence-corrected chi connectivity index (χ3v) is 3.45. The second-order valence-corrected chi connectivity index (χ2v) is 5.11. The number of carbonyl (C=O) groups excluding carboxylic acids is 1. The molecule has 1 N–H and O–H groups in total. The normalized spacial score (nSPS) is 20.5.